The van der Waals surface area contributed by atoms with Gasteiger partial charge in [-0.3, -0.25) is 4.79 Å². The molecule has 0 spiro atoms. The van der Waals surface area contributed by atoms with Gasteiger partial charge in [0, 0.05) is 17.6 Å². The van der Waals surface area contributed by atoms with Gasteiger partial charge < -0.3 is 29.7 Å². The van der Waals surface area contributed by atoms with Crippen LogP contribution in [-0.2, 0) is 20.8 Å². The summed E-state index contributed by atoms with van der Waals surface area (Å²) in [6, 6.07) is 1.55. The number of carbonyl (C=O) groups is 1. The number of aliphatic hydroxyl groups excluding tert-OH is 3. The number of ether oxygens (including phenoxy) is 2. The number of halogens is 4. The molecule has 3 aromatic rings. The van der Waals surface area contributed by atoms with E-state index in [2.05, 4.69) is 10.3 Å². The molecule has 1 saturated heterocycles. The lowest BCUT2D eigenvalue weighted by Gasteiger charge is -2.46. The minimum absolute atomic E-state index is 0.0379. The van der Waals surface area contributed by atoms with Crippen molar-refractivity contribution in [1.29, 1.82) is 0 Å². The van der Waals surface area contributed by atoms with E-state index in [4.69, 9.17) is 21.1 Å². The van der Waals surface area contributed by atoms with E-state index in [9.17, 15) is 33.3 Å². The van der Waals surface area contributed by atoms with Crippen LogP contribution in [0.25, 0.3) is 11.3 Å². The Bertz CT molecular complexity index is 1390. The highest BCUT2D eigenvalue weighted by molar-refractivity contribution is 7.10. The Morgan fingerprint density at radius 2 is 1.95 bits per heavy atom. The summed E-state index contributed by atoms with van der Waals surface area (Å²) in [5.74, 6) is -5.01. The quantitative estimate of drug-likeness (QED) is 0.324. The molecule has 1 amide bonds. The van der Waals surface area contributed by atoms with E-state index >= 15 is 0 Å². The lowest BCUT2D eigenvalue weighted by atomic mass is 9.88. The molecule has 5 rings (SSSR count). The SMILES string of the molecule is CO[C@@H]1[C@@H](n2cc(-c3cc(F)c(F)c(F)c3)nn2)[C@@H](O)[C@@H](CO)O[C@H]1C(=O)N(Cc1sccc1Cl)[C@H]1CCCC[C@@H]1O. The van der Waals surface area contributed by atoms with Crippen molar-refractivity contribution in [3.8, 4) is 11.3 Å². The van der Waals surface area contributed by atoms with Gasteiger partial charge in [0.15, 0.2) is 23.6 Å². The van der Waals surface area contributed by atoms with Gasteiger partial charge in [-0.2, -0.15) is 0 Å². The van der Waals surface area contributed by atoms with Gasteiger partial charge in [0.25, 0.3) is 5.91 Å². The number of hydrogen-bond donors (Lipinski definition) is 3. The van der Waals surface area contributed by atoms with Gasteiger partial charge in [-0.15, -0.1) is 16.4 Å². The van der Waals surface area contributed by atoms with Crippen molar-refractivity contribution < 1.29 is 42.8 Å². The van der Waals surface area contributed by atoms with Crippen molar-refractivity contribution in [3.63, 3.8) is 0 Å². The van der Waals surface area contributed by atoms with Crippen LogP contribution in [0.2, 0.25) is 5.02 Å². The number of methoxy groups -OCH3 is 1. The van der Waals surface area contributed by atoms with E-state index in [0.717, 1.165) is 29.7 Å². The van der Waals surface area contributed by atoms with Crippen LogP contribution in [0.15, 0.2) is 29.8 Å². The Balaban J connectivity index is 1.50. The van der Waals surface area contributed by atoms with Crippen molar-refractivity contribution in [2.45, 2.75) is 74.8 Å². The third-order valence-electron chi connectivity index (χ3n) is 7.86. The molecule has 15 heteroatoms. The fraction of sp³-hybridized carbons (Fsp3) is 0.519. The molecular formula is C27H30ClF3N4O6S. The standard InChI is InChI=1S/C27H30ClF3N4O6S/c1-40-25-23(35-10-17(32-33-35)13-8-15(29)22(31)16(30)9-13)24(38)20(12-36)41-26(25)27(39)34(11-21-14(28)6-7-42-21)18-4-2-3-5-19(18)37/h6-10,18-20,23-26,36-38H,2-5,11-12H2,1H3/t18-,19-,20+,23-,24-,25+,26+/m0/s1. The maximum Gasteiger partial charge on any atom is 0.255 e. The van der Waals surface area contributed by atoms with E-state index in [1.165, 1.54) is 29.5 Å². The van der Waals surface area contributed by atoms with Gasteiger partial charge in [-0.1, -0.05) is 29.7 Å². The second-order valence-electron chi connectivity index (χ2n) is 10.4. The molecule has 10 nitrogen and oxygen atoms in total. The predicted molar refractivity (Wildman–Crippen MR) is 145 cm³/mol. The molecule has 7 atom stereocenters. The molecule has 2 fully saturated rings. The summed E-state index contributed by atoms with van der Waals surface area (Å²) in [6.45, 7) is -0.559. The Morgan fingerprint density at radius 3 is 2.57 bits per heavy atom. The molecular weight excluding hydrogens is 601 g/mol. The van der Waals surface area contributed by atoms with Gasteiger partial charge >= 0.3 is 0 Å². The molecule has 1 aromatic carbocycles. The van der Waals surface area contributed by atoms with Crippen LogP contribution < -0.4 is 0 Å². The van der Waals surface area contributed by atoms with Crippen molar-refractivity contribution in [2.24, 2.45) is 0 Å². The zero-order chi connectivity index (χ0) is 30.1. The molecule has 42 heavy (non-hydrogen) atoms. The van der Waals surface area contributed by atoms with Crippen molar-refractivity contribution in [1.82, 2.24) is 19.9 Å². The maximum absolute atomic E-state index is 14.3. The van der Waals surface area contributed by atoms with Gasteiger partial charge in [-0.25, -0.2) is 17.9 Å². The lowest BCUT2D eigenvalue weighted by Crippen LogP contribution is -2.62. The summed E-state index contributed by atoms with van der Waals surface area (Å²) in [5, 5.41) is 42.3. The summed E-state index contributed by atoms with van der Waals surface area (Å²) >= 11 is 7.72. The lowest BCUT2D eigenvalue weighted by molar-refractivity contribution is -0.219. The van der Waals surface area contributed by atoms with Crippen LogP contribution in [0.5, 0.6) is 0 Å². The number of aromatic nitrogens is 3. The predicted octanol–water partition coefficient (Wildman–Crippen LogP) is 3.09. The van der Waals surface area contributed by atoms with Crippen LogP contribution in [0.1, 0.15) is 36.6 Å². The number of amides is 1. The molecule has 0 unspecified atom stereocenters. The minimum atomic E-state index is -1.63. The molecule has 0 radical (unpaired) electrons. The summed E-state index contributed by atoms with van der Waals surface area (Å²) in [5.41, 5.74) is -0.145. The Labute approximate surface area is 248 Å². The molecule has 0 bridgehead atoms. The second-order valence-corrected chi connectivity index (χ2v) is 11.8. The normalized spacial score (nSPS) is 28.1. The first-order chi connectivity index (χ1) is 20.1. The fourth-order valence-electron chi connectivity index (χ4n) is 5.69. The molecule has 1 aliphatic heterocycles. The number of benzene rings is 1. The van der Waals surface area contributed by atoms with Crippen LogP contribution >= 0.6 is 22.9 Å². The molecule has 3 heterocycles. The average Bonchev–Trinajstić information content (AvgIpc) is 3.63. The first kappa shape index (κ1) is 30.9. The molecule has 228 valence electrons. The monoisotopic (exact) mass is 630 g/mol. The van der Waals surface area contributed by atoms with Crippen LogP contribution in [0, 0.1) is 17.5 Å². The van der Waals surface area contributed by atoms with Crippen molar-refractivity contribution in [2.75, 3.05) is 13.7 Å². The number of nitrogens with zero attached hydrogens (tertiary/aromatic N) is 4. The van der Waals surface area contributed by atoms with Gasteiger partial charge in [0.05, 0.1) is 36.5 Å². The van der Waals surface area contributed by atoms with E-state index in [1.54, 1.807) is 11.4 Å². The van der Waals surface area contributed by atoms with Gasteiger partial charge in [-0.05, 0) is 36.4 Å². The Morgan fingerprint density at radius 1 is 1.24 bits per heavy atom. The number of thiophene rings is 1. The summed E-state index contributed by atoms with van der Waals surface area (Å²) in [4.78, 5) is 16.5. The topological polar surface area (TPSA) is 130 Å². The van der Waals surface area contributed by atoms with Crippen LogP contribution in [0.3, 0.4) is 0 Å². The number of aliphatic hydroxyl groups is 3. The highest BCUT2D eigenvalue weighted by Crippen LogP contribution is 2.36. The van der Waals surface area contributed by atoms with E-state index < -0.39 is 72.6 Å². The van der Waals surface area contributed by atoms with E-state index in [1.807, 2.05) is 0 Å². The Kier molecular flexibility index (Phi) is 9.52. The van der Waals surface area contributed by atoms with Crippen molar-refractivity contribution in [3.05, 3.63) is 57.1 Å². The highest BCUT2D eigenvalue weighted by Gasteiger charge is 2.51. The third kappa shape index (κ3) is 5.94. The minimum Gasteiger partial charge on any atom is -0.394 e. The number of rotatable bonds is 8. The number of carbonyl (C=O) groups excluding carboxylic acids is 1. The zero-order valence-corrected chi connectivity index (χ0v) is 24.0. The number of hydrogen-bond acceptors (Lipinski definition) is 9. The average molecular weight is 631 g/mol. The van der Waals surface area contributed by atoms with Gasteiger partial charge in [0.2, 0.25) is 0 Å². The first-order valence-corrected chi connectivity index (χ1v) is 14.6. The smallest absolute Gasteiger partial charge is 0.255 e. The molecule has 3 N–H and O–H groups in total. The second kappa shape index (κ2) is 13.0. The molecule has 1 saturated carbocycles. The molecule has 2 aliphatic rings. The van der Waals surface area contributed by atoms with E-state index in [-0.39, 0.29) is 17.8 Å². The van der Waals surface area contributed by atoms with Crippen molar-refractivity contribution >= 4 is 28.8 Å². The molecule has 1 aliphatic carbocycles. The van der Waals surface area contributed by atoms with Crippen LogP contribution in [0.4, 0.5) is 13.2 Å². The largest absolute Gasteiger partial charge is 0.394 e. The zero-order valence-electron chi connectivity index (χ0n) is 22.4. The van der Waals surface area contributed by atoms with Crippen LogP contribution in [-0.4, -0.2) is 91.4 Å². The summed E-state index contributed by atoms with van der Waals surface area (Å²) < 4.78 is 54.0. The van der Waals surface area contributed by atoms with Gasteiger partial charge in [0.1, 0.15) is 30.0 Å². The first-order valence-electron chi connectivity index (χ1n) is 13.4. The highest BCUT2D eigenvalue weighted by atomic mass is 35.5. The fourth-order valence-corrected chi connectivity index (χ4v) is 6.78. The maximum atomic E-state index is 14.3. The molecule has 2 aromatic heterocycles. The third-order valence-corrected chi connectivity index (χ3v) is 9.23. The Hall–Kier alpha value is -2.59. The summed E-state index contributed by atoms with van der Waals surface area (Å²) in [7, 11) is 1.31. The van der Waals surface area contributed by atoms with E-state index in [0.29, 0.717) is 22.7 Å². The summed E-state index contributed by atoms with van der Waals surface area (Å²) in [6.07, 6.45) is -2.06.